The van der Waals surface area contributed by atoms with E-state index in [-0.39, 0.29) is 0 Å². The first-order valence-corrected chi connectivity index (χ1v) is 10.8. The van der Waals surface area contributed by atoms with Gasteiger partial charge in [0.25, 0.3) is 0 Å². The number of aryl methyl sites for hydroxylation is 1. The van der Waals surface area contributed by atoms with Crippen molar-refractivity contribution in [3.05, 3.63) is 64.9 Å². The second-order valence-corrected chi connectivity index (χ2v) is 8.43. The van der Waals surface area contributed by atoms with Gasteiger partial charge in [0.15, 0.2) is 0 Å². The van der Waals surface area contributed by atoms with E-state index in [0.29, 0.717) is 17.8 Å². The molecule has 1 atom stereocenters. The average molecular weight is 416 g/mol. The van der Waals surface area contributed by atoms with Crippen molar-refractivity contribution in [2.24, 2.45) is 0 Å². The van der Waals surface area contributed by atoms with Crippen LogP contribution in [0.4, 0.5) is 11.5 Å². The SMILES string of the molecule is Cc1nn(C(C)C)c(C)c1CN1CCC[C@@H]1c1cccc(Nc2ccc(C#N)nc2)n1. The van der Waals surface area contributed by atoms with Crippen LogP contribution in [0.15, 0.2) is 36.5 Å². The zero-order chi connectivity index (χ0) is 22.0. The zero-order valence-corrected chi connectivity index (χ0v) is 18.6. The van der Waals surface area contributed by atoms with Crippen LogP contribution in [0.3, 0.4) is 0 Å². The van der Waals surface area contributed by atoms with Crippen molar-refractivity contribution >= 4 is 11.5 Å². The highest BCUT2D eigenvalue weighted by molar-refractivity contribution is 5.55. The highest BCUT2D eigenvalue weighted by Gasteiger charge is 2.29. The van der Waals surface area contributed by atoms with Gasteiger partial charge in [-0.3, -0.25) is 9.58 Å². The molecule has 1 fully saturated rings. The number of nitrogens with one attached hydrogen (secondary N) is 1. The number of anilines is 2. The summed E-state index contributed by atoms with van der Waals surface area (Å²) in [5.41, 5.74) is 6.01. The van der Waals surface area contributed by atoms with Crippen LogP contribution in [-0.4, -0.2) is 31.2 Å². The fourth-order valence-electron chi connectivity index (χ4n) is 4.37. The molecule has 1 aliphatic heterocycles. The molecule has 0 saturated carbocycles. The number of nitriles is 1. The second-order valence-electron chi connectivity index (χ2n) is 8.43. The molecule has 3 aromatic heterocycles. The number of likely N-dealkylation sites (tertiary alicyclic amines) is 1. The fraction of sp³-hybridized carbons (Fsp3) is 0.417. The van der Waals surface area contributed by atoms with Crippen LogP contribution < -0.4 is 5.32 Å². The van der Waals surface area contributed by atoms with Gasteiger partial charge in [0, 0.05) is 23.8 Å². The smallest absolute Gasteiger partial charge is 0.140 e. The predicted molar refractivity (Wildman–Crippen MR) is 121 cm³/mol. The first-order chi connectivity index (χ1) is 15.0. The molecule has 0 radical (unpaired) electrons. The van der Waals surface area contributed by atoms with E-state index < -0.39 is 0 Å². The lowest BCUT2D eigenvalue weighted by atomic mass is 10.1. The normalized spacial score (nSPS) is 16.6. The predicted octanol–water partition coefficient (Wildman–Crippen LogP) is 4.82. The molecule has 4 rings (SSSR count). The van der Waals surface area contributed by atoms with Crippen LogP contribution >= 0.6 is 0 Å². The van der Waals surface area contributed by atoms with Crippen molar-refractivity contribution in [2.75, 3.05) is 11.9 Å². The summed E-state index contributed by atoms with van der Waals surface area (Å²) < 4.78 is 2.13. The second kappa shape index (κ2) is 8.86. The topological polar surface area (TPSA) is 82.7 Å². The zero-order valence-electron chi connectivity index (χ0n) is 18.6. The van der Waals surface area contributed by atoms with Crippen LogP contribution in [0.1, 0.15) is 67.1 Å². The number of rotatable bonds is 6. The molecule has 31 heavy (non-hydrogen) atoms. The van der Waals surface area contributed by atoms with Gasteiger partial charge in [0.2, 0.25) is 0 Å². The quantitative estimate of drug-likeness (QED) is 0.621. The lowest BCUT2D eigenvalue weighted by molar-refractivity contribution is 0.243. The molecule has 1 saturated heterocycles. The number of hydrogen-bond acceptors (Lipinski definition) is 6. The Morgan fingerprint density at radius 3 is 2.74 bits per heavy atom. The molecule has 0 amide bonds. The molecule has 7 nitrogen and oxygen atoms in total. The largest absolute Gasteiger partial charge is 0.339 e. The summed E-state index contributed by atoms with van der Waals surface area (Å²) in [4.78, 5) is 11.5. The molecule has 0 bridgehead atoms. The van der Waals surface area contributed by atoms with Crippen molar-refractivity contribution < 1.29 is 0 Å². The van der Waals surface area contributed by atoms with Crippen molar-refractivity contribution in [1.82, 2.24) is 24.6 Å². The summed E-state index contributed by atoms with van der Waals surface area (Å²) in [5.74, 6) is 0.788. The molecular formula is C24H29N7. The Balaban J connectivity index is 1.52. The Bertz CT molecular complexity index is 1090. The molecule has 0 aromatic carbocycles. The third-order valence-electron chi connectivity index (χ3n) is 5.95. The van der Waals surface area contributed by atoms with Crippen LogP contribution in [0.2, 0.25) is 0 Å². The molecular weight excluding hydrogens is 386 g/mol. The first-order valence-electron chi connectivity index (χ1n) is 10.8. The van der Waals surface area contributed by atoms with Crippen molar-refractivity contribution in [3.63, 3.8) is 0 Å². The molecule has 4 heterocycles. The summed E-state index contributed by atoms with van der Waals surface area (Å²) in [7, 11) is 0. The van der Waals surface area contributed by atoms with E-state index in [1.807, 2.05) is 24.3 Å². The molecule has 0 aliphatic carbocycles. The number of hydrogen-bond donors (Lipinski definition) is 1. The van der Waals surface area contributed by atoms with Gasteiger partial charge in [-0.2, -0.15) is 10.4 Å². The number of pyridine rings is 2. The molecule has 1 N–H and O–H groups in total. The van der Waals surface area contributed by atoms with Gasteiger partial charge in [-0.05, 0) is 71.3 Å². The van der Waals surface area contributed by atoms with E-state index in [2.05, 4.69) is 53.6 Å². The maximum absolute atomic E-state index is 8.91. The van der Waals surface area contributed by atoms with Gasteiger partial charge >= 0.3 is 0 Å². The van der Waals surface area contributed by atoms with E-state index in [1.165, 1.54) is 17.7 Å². The maximum atomic E-state index is 8.91. The van der Waals surface area contributed by atoms with Crippen molar-refractivity contribution in [3.8, 4) is 6.07 Å². The Labute approximate surface area is 183 Å². The van der Waals surface area contributed by atoms with Gasteiger partial charge in [-0.25, -0.2) is 9.97 Å². The van der Waals surface area contributed by atoms with E-state index in [9.17, 15) is 0 Å². The molecule has 0 unspecified atom stereocenters. The number of nitrogens with zero attached hydrogens (tertiary/aromatic N) is 6. The highest BCUT2D eigenvalue weighted by atomic mass is 15.3. The van der Waals surface area contributed by atoms with E-state index >= 15 is 0 Å². The highest BCUT2D eigenvalue weighted by Crippen LogP contribution is 2.34. The van der Waals surface area contributed by atoms with Crippen molar-refractivity contribution in [2.45, 2.75) is 59.2 Å². The van der Waals surface area contributed by atoms with Gasteiger partial charge in [0.1, 0.15) is 17.6 Å². The third-order valence-corrected chi connectivity index (χ3v) is 5.95. The van der Waals surface area contributed by atoms with Gasteiger partial charge in [-0.15, -0.1) is 0 Å². The minimum Gasteiger partial charge on any atom is -0.339 e. The maximum Gasteiger partial charge on any atom is 0.140 e. The lowest BCUT2D eigenvalue weighted by Gasteiger charge is -2.25. The van der Waals surface area contributed by atoms with Gasteiger partial charge < -0.3 is 5.32 Å². The van der Waals surface area contributed by atoms with Crippen LogP contribution in [0, 0.1) is 25.2 Å². The van der Waals surface area contributed by atoms with E-state index in [4.69, 9.17) is 15.3 Å². The molecule has 3 aromatic rings. The summed E-state index contributed by atoms with van der Waals surface area (Å²) in [5, 5.41) is 17.0. The van der Waals surface area contributed by atoms with Crippen LogP contribution in [0.5, 0.6) is 0 Å². The van der Waals surface area contributed by atoms with Crippen LogP contribution in [-0.2, 0) is 6.54 Å². The molecule has 0 spiro atoms. The first kappa shape index (κ1) is 21.0. The minimum atomic E-state index is 0.294. The van der Waals surface area contributed by atoms with E-state index in [1.54, 1.807) is 12.3 Å². The lowest BCUT2D eigenvalue weighted by Crippen LogP contribution is -2.24. The minimum absolute atomic E-state index is 0.294. The fourth-order valence-corrected chi connectivity index (χ4v) is 4.37. The summed E-state index contributed by atoms with van der Waals surface area (Å²) >= 11 is 0. The standard InChI is InChI=1S/C24H29N7/c1-16(2)31-18(4)21(17(3)29-31)15-30-12-6-8-23(30)22-7-5-9-24(28-22)27-20-11-10-19(13-25)26-14-20/h5,7,9-11,14,16,23H,6,8,12,15H2,1-4H3,(H,27,28)/t23-/m1/s1. The molecule has 7 heteroatoms. The average Bonchev–Trinajstić information content (AvgIpc) is 3.34. The molecule has 160 valence electrons. The van der Waals surface area contributed by atoms with Gasteiger partial charge in [0.05, 0.1) is 29.3 Å². The Morgan fingerprint density at radius 2 is 2.06 bits per heavy atom. The number of aromatic nitrogens is 4. The monoisotopic (exact) mass is 415 g/mol. The Morgan fingerprint density at radius 1 is 1.23 bits per heavy atom. The summed E-state index contributed by atoms with van der Waals surface area (Å²) in [6, 6.07) is 12.4. The Hall–Kier alpha value is -3.24. The Kier molecular flexibility index (Phi) is 6.01. The van der Waals surface area contributed by atoms with Gasteiger partial charge in [-0.1, -0.05) is 6.07 Å². The summed E-state index contributed by atoms with van der Waals surface area (Å²) in [6.07, 6.45) is 3.93. The van der Waals surface area contributed by atoms with Crippen molar-refractivity contribution in [1.29, 1.82) is 5.26 Å². The molecule has 1 aliphatic rings. The third kappa shape index (κ3) is 4.44. The van der Waals surface area contributed by atoms with Crippen LogP contribution in [0.25, 0.3) is 0 Å². The van der Waals surface area contributed by atoms with E-state index in [0.717, 1.165) is 42.4 Å². The summed E-state index contributed by atoms with van der Waals surface area (Å²) in [6.45, 7) is 10.6.